The minimum Gasteiger partial charge on any atom is -0.387 e. The fourth-order valence-corrected chi connectivity index (χ4v) is 2.41. The van der Waals surface area contributed by atoms with Crippen molar-refractivity contribution in [3.8, 4) is 0 Å². The standard InChI is InChI=1S/C11H11N5O2S/c17-5-9-15-8(16-18-9)1-3-12-10-7-2-4-19-11(7)14-6-13-10/h2,4,6,17H,1,3,5H2,(H,12,13,14). The van der Waals surface area contributed by atoms with Gasteiger partial charge in [-0.3, -0.25) is 0 Å². The van der Waals surface area contributed by atoms with E-state index < -0.39 is 0 Å². The number of thiophene rings is 1. The van der Waals surface area contributed by atoms with Crippen LogP contribution in [-0.4, -0.2) is 31.8 Å². The SMILES string of the molecule is OCc1nc(CCNc2ncnc3sccc23)no1. The molecule has 0 unspecified atom stereocenters. The summed E-state index contributed by atoms with van der Waals surface area (Å²) < 4.78 is 4.81. The first kappa shape index (κ1) is 12.0. The normalized spacial score (nSPS) is 11.0. The Bertz CT molecular complexity index is 680. The van der Waals surface area contributed by atoms with E-state index >= 15 is 0 Å². The minimum absolute atomic E-state index is 0.234. The van der Waals surface area contributed by atoms with Crippen LogP contribution in [0.3, 0.4) is 0 Å². The van der Waals surface area contributed by atoms with Crippen molar-refractivity contribution in [3.05, 3.63) is 29.5 Å². The number of rotatable bonds is 5. The molecule has 3 aromatic heterocycles. The number of anilines is 1. The van der Waals surface area contributed by atoms with Gasteiger partial charge in [0.25, 0.3) is 5.89 Å². The molecule has 0 aromatic carbocycles. The highest BCUT2D eigenvalue weighted by Gasteiger charge is 2.06. The Balaban J connectivity index is 1.64. The fraction of sp³-hybridized carbons (Fsp3) is 0.273. The molecule has 19 heavy (non-hydrogen) atoms. The van der Waals surface area contributed by atoms with E-state index in [1.807, 2.05) is 11.4 Å². The van der Waals surface area contributed by atoms with Crippen molar-refractivity contribution in [1.82, 2.24) is 20.1 Å². The third kappa shape index (κ3) is 2.54. The number of aliphatic hydroxyl groups is 1. The summed E-state index contributed by atoms with van der Waals surface area (Å²) in [5, 5.41) is 18.8. The van der Waals surface area contributed by atoms with Crippen molar-refractivity contribution in [1.29, 1.82) is 0 Å². The molecule has 0 fully saturated rings. The molecule has 7 nitrogen and oxygen atoms in total. The van der Waals surface area contributed by atoms with Gasteiger partial charge >= 0.3 is 0 Å². The van der Waals surface area contributed by atoms with Gasteiger partial charge in [0.1, 0.15) is 23.6 Å². The van der Waals surface area contributed by atoms with Crippen LogP contribution in [0, 0.1) is 0 Å². The zero-order chi connectivity index (χ0) is 13.1. The molecular formula is C11H11N5O2S. The lowest BCUT2D eigenvalue weighted by Gasteiger charge is -2.04. The Labute approximate surface area is 112 Å². The predicted molar refractivity (Wildman–Crippen MR) is 69.8 cm³/mol. The van der Waals surface area contributed by atoms with E-state index in [-0.39, 0.29) is 12.5 Å². The van der Waals surface area contributed by atoms with Gasteiger partial charge in [0.05, 0.1) is 5.39 Å². The van der Waals surface area contributed by atoms with Crippen LogP contribution >= 0.6 is 11.3 Å². The molecule has 0 bridgehead atoms. The van der Waals surface area contributed by atoms with Crippen LogP contribution in [0.1, 0.15) is 11.7 Å². The second kappa shape index (κ2) is 5.29. The molecule has 3 aromatic rings. The summed E-state index contributed by atoms with van der Waals surface area (Å²) in [6.45, 7) is 0.397. The molecule has 3 heterocycles. The van der Waals surface area contributed by atoms with E-state index in [2.05, 4.69) is 25.4 Å². The molecular weight excluding hydrogens is 266 g/mol. The van der Waals surface area contributed by atoms with Gasteiger partial charge in [0, 0.05) is 13.0 Å². The quantitative estimate of drug-likeness (QED) is 0.723. The molecule has 3 rings (SSSR count). The second-order valence-corrected chi connectivity index (χ2v) is 4.70. The Kier molecular flexibility index (Phi) is 3.34. The van der Waals surface area contributed by atoms with Crippen LogP contribution in [0.2, 0.25) is 0 Å². The topological polar surface area (TPSA) is 97.0 Å². The zero-order valence-electron chi connectivity index (χ0n) is 9.91. The summed E-state index contributed by atoms with van der Waals surface area (Å²) in [7, 11) is 0. The minimum atomic E-state index is -0.234. The molecule has 0 aliphatic heterocycles. The molecule has 2 N–H and O–H groups in total. The van der Waals surface area contributed by atoms with Gasteiger partial charge in [0.15, 0.2) is 5.82 Å². The number of hydrogen-bond donors (Lipinski definition) is 2. The first-order valence-corrected chi connectivity index (χ1v) is 6.59. The van der Waals surface area contributed by atoms with E-state index in [1.54, 1.807) is 17.7 Å². The van der Waals surface area contributed by atoms with Crippen molar-refractivity contribution in [2.24, 2.45) is 0 Å². The maximum absolute atomic E-state index is 8.82. The lowest BCUT2D eigenvalue weighted by atomic mass is 10.3. The molecule has 8 heteroatoms. The molecule has 0 aliphatic carbocycles. The van der Waals surface area contributed by atoms with Gasteiger partial charge in [-0.25, -0.2) is 9.97 Å². The van der Waals surface area contributed by atoms with Crippen LogP contribution in [0.5, 0.6) is 0 Å². The largest absolute Gasteiger partial charge is 0.387 e. The molecule has 0 saturated carbocycles. The highest BCUT2D eigenvalue weighted by atomic mass is 32.1. The average Bonchev–Trinajstić information content (AvgIpc) is 3.07. The predicted octanol–water partition coefficient (Wildman–Crippen LogP) is 1.22. The first-order chi connectivity index (χ1) is 9.36. The summed E-state index contributed by atoms with van der Waals surface area (Å²) in [5.41, 5.74) is 0. The van der Waals surface area contributed by atoms with E-state index in [0.29, 0.717) is 18.8 Å². The molecule has 0 saturated heterocycles. The van der Waals surface area contributed by atoms with Crippen molar-refractivity contribution in [3.63, 3.8) is 0 Å². The summed E-state index contributed by atoms with van der Waals surface area (Å²) in [6, 6.07) is 1.99. The Morgan fingerprint density at radius 1 is 1.37 bits per heavy atom. The summed E-state index contributed by atoms with van der Waals surface area (Å²) in [5.74, 6) is 1.60. The Hall–Kier alpha value is -2.06. The van der Waals surface area contributed by atoms with E-state index in [9.17, 15) is 0 Å². The lowest BCUT2D eigenvalue weighted by Crippen LogP contribution is -2.07. The number of hydrogen-bond acceptors (Lipinski definition) is 8. The number of nitrogens with zero attached hydrogens (tertiary/aromatic N) is 4. The van der Waals surface area contributed by atoms with E-state index in [0.717, 1.165) is 16.0 Å². The highest BCUT2D eigenvalue weighted by Crippen LogP contribution is 2.23. The maximum atomic E-state index is 8.82. The number of nitrogens with one attached hydrogen (secondary N) is 1. The smallest absolute Gasteiger partial charge is 0.252 e. The highest BCUT2D eigenvalue weighted by molar-refractivity contribution is 7.16. The average molecular weight is 277 g/mol. The van der Waals surface area contributed by atoms with Gasteiger partial charge < -0.3 is 14.9 Å². The summed E-state index contributed by atoms with van der Waals surface area (Å²) in [4.78, 5) is 13.4. The van der Waals surface area contributed by atoms with Crippen molar-refractivity contribution in [2.45, 2.75) is 13.0 Å². The fourth-order valence-electron chi connectivity index (χ4n) is 1.68. The van der Waals surface area contributed by atoms with Crippen LogP contribution in [-0.2, 0) is 13.0 Å². The van der Waals surface area contributed by atoms with Crippen LogP contribution < -0.4 is 5.32 Å². The van der Waals surface area contributed by atoms with E-state index in [1.165, 1.54) is 0 Å². The third-order valence-electron chi connectivity index (χ3n) is 2.55. The molecule has 0 radical (unpaired) electrons. The zero-order valence-corrected chi connectivity index (χ0v) is 10.7. The van der Waals surface area contributed by atoms with Crippen LogP contribution in [0.25, 0.3) is 10.2 Å². The Morgan fingerprint density at radius 3 is 3.16 bits per heavy atom. The molecule has 0 spiro atoms. The van der Waals surface area contributed by atoms with Crippen LogP contribution in [0.15, 0.2) is 22.3 Å². The van der Waals surface area contributed by atoms with Gasteiger partial charge in [0.2, 0.25) is 0 Å². The molecule has 0 amide bonds. The lowest BCUT2D eigenvalue weighted by molar-refractivity contribution is 0.222. The van der Waals surface area contributed by atoms with Gasteiger partial charge in [-0.15, -0.1) is 11.3 Å². The van der Waals surface area contributed by atoms with E-state index in [4.69, 9.17) is 9.63 Å². The molecule has 0 aliphatic rings. The Morgan fingerprint density at radius 2 is 2.32 bits per heavy atom. The molecule has 98 valence electrons. The monoisotopic (exact) mass is 277 g/mol. The maximum Gasteiger partial charge on any atom is 0.252 e. The van der Waals surface area contributed by atoms with Crippen LogP contribution in [0.4, 0.5) is 5.82 Å². The number of aliphatic hydroxyl groups excluding tert-OH is 1. The summed E-state index contributed by atoms with van der Waals surface area (Å²) in [6.07, 6.45) is 2.14. The van der Waals surface area contributed by atoms with Crippen molar-refractivity contribution >= 4 is 27.4 Å². The van der Waals surface area contributed by atoms with Crippen molar-refractivity contribution < 1.29 is 9.63 Å². The third-order valence-corrected chi connectivity index (χ3v) is 3.37. The van der Waals surface area contributed by atoms with Gasteiger partial charge in [-0.1, -0.05) is 5.16 Å². The number of fused-ring (bicyclic) bond motifs is 1. The molecule has 0 atom stereocenters. The van der Waals surface area contributed by atoms with Crippen molar-refractivity contribution in [2.75, 3.05) is 11.9 Å². The van der Waals surface area contributed by atoms with Gasteiger partial charge in [-0.2, -0.15) is 4.98 Å². The van der Waals surface area contributed by atoms with Gasteiger partial charge in [-0.05, 0) is 11.4 Å². The first-order valence-electron chi connectivity index (χ1n) is 5.71. The second-order valence-electron chi connectivity index (χ2n) is 3.80. The number of aromatic nitrogens is 4. The summed E-state index contributed by atoms with van der Waals surface area (Å²) >= 11 is 1.58.